The summed E-state index contributed by atoms with van der Waals surface area (Å²) in [6.45, 7) is 1.82. The van der Waals surface area contributed by atoms with Crippen molar-refractivity contribution in [3.8, 4) is 0 Å². The third kappa shape index (κ3) is 3.67. The number of nitrogens with one attached hydrogen (secondary N) is 1. The Labute approximate surface area is 142 Å². The molecule has 2 aromatic carbocycles. The molecule has 0 bridgehead atoms. The van der Waals surface area contributed by atoms with Crippen molar-refractivity contribution in [3.05, 3.63) is 65.2 Å². The van der Waals surface area contributed by atoms with E-state index in [9.17, 15) is 13.2 Å². The van der Waals surface area contributed by atoms with Gasteiger partial charge in [0, 0.05) is 11.8 Å². The molecule has 0 aliphatic heterocycles. The van der Waals surface area contributed by atoms with Crippen molar-refractivity contribution >= 4 is 15.7 Å². The number of aryl methyl sites for hydroxylation is 1. The predicted octanol–water partition coefficient (Wildman–Crippen LogP) is 3.28. The van der Waals surface area contributed by atoms with Crippen molar-refractivity contribution in [1.29, 1.82) is 0 Å². The lowest BCUT2D eigenvalue weighted by atomic mass is 10.0. The van der Waals surface area contributed by atoms with Gasteiger partial charge >= 0.3 is 0 Å². The molecule has 1 N–H and O–H groups in total. The second-order valence-corrected chi connectivity index (χ2v) is 8.46. The molecule has 1 fully saturated rings. The van der Waals surface area contributed by atoms with Crippen LogP contribution in [0.25, 0.3) is 0 Å². The largest absolute Gasteiger partial charge is 0.345 e. The van der Waals surface area contributed by atoms with Crippen molar-refractivity contribution in [2.75, 3.05) is 6.26 Å². The number of sulfone groups is 1. The average Bonchev–Trinajstić information content (AvgIpc) is 3.37. The van der Waals surface area contributed by atoms with E-state index >= 15 is 0 Å². The summed E-state index contributed by atoms with van der Waals surface area (Å²) in [5.41, 5.74) is 2.27. The van der Waals surface area contributed by atoms with Crippen LogP contribution in [0, 0.1) is 12.8 Å². The number of carbonyl (C=O) groups is 1. The van der Waals surface area contributed by atoms with Crippen LogP contribution < -0.4 is 5.32 Å². The van der Waals surface area contributed by atoms with Crippen molar-refractivity contribution in [1.82, 2.24) is 5.32 Å². The highest BCUT2D eigenvalue weighted by Gasteiger charge is 2.33. The number of rotatable bonds is 5. The summed E-state index contributed by atoms with van der Waals surface area (Å²) in [6, 6.07) is 14.6. The van der Waals surface area contributed by atoms with Gasteiger partial charge < -0.3 is 5.32 Å². The molecule has 0 spiro atoms. The lowest BCUT2D eigenvalue weighted by Gasteiger charge is -2.19. The fourth-order valence-electron chi connectivity index (χ4n) is 2.86. The van der Waals surface area contributed by atoms with Crippen LogP contribution in [-0.4, -0.2) is 20.6 Å². The lowest BCUT2D eigenvalue weighted by molar-refractivity contribution is 0.0931. The van der Waals surface area contributed by atoms with Gasteiger partial charge in [-0.05, 0) is 48.9 Å². The van der Waals surface area contributed by atoms with Gasteiger partial charge in [-0.2, -0.15) is 0 Å². The molecule has 0 radical (unpaired) electrons. The second kappa shape index (κ2) is 6.40. The van der Waals surface area contributed by atoms with Crippen molar-refractivity contribution in [2.45, 2.75) is 30.7 Å². The van der Waals surface area contributed by atoms with Gasteiger partial charge in [0.1, 0.15) is 0 Å². The van der Waals surface area contributed by atoms with E-state index in [1.54, 1.807) is 6.07 Å². The van der Waals surface area contributed by atoms with Crippen LogP contribution in [0.15, 0.2) is 53.4 Å². The topological polar surface area (TPSA) is 63.2 Å². The van der Waals surface area contributed by atoms with Crippen LogP contribution in [0.2, 0.25) is 0 Å². The van der Waals surface area contributed by atoms with Gasteiger partial charge in [0.25, 0.3) is 5.91 Å². The normalized spacial score (nSPS) is 15.8. The van der Waals surface area contributed by atoms with E-state index in [0.717, 1.165) is 30.2 Å². The number of benzene rings is 2. The molecule has 0 aromatic heterocycles. The Morgan fingerprint density at radius 3 is 2.38 bits per heavy atom. The maximum absolute atomic E-state index is 12.8. The van der Waals surface area contributed by atoms with Crippen LogP contribution in [0.3, 0.4) is 0 Å². The molecule has 24 heavy (non-hydrogen) atoms. The first-order valence-electron chi connectivity index (χ1n) is 8.03. The summed E-state index contributed by atoms with van der Waals surface area (Å²) in [5.74, 6) is 0.230. The van der Waals surface area contributed by atoms with Gasteiger partial charge in [-0.3, -0.25) is 4.79 Å². The molecule has 1 aliphatic rings. The molecule has 0 heterocycles. The quantitative estimate of drug-likeness (QED) is 0.906. The van der Waals surface area contributed by atoms with Gasteiger partial charge in [0.05, 0.1) is 10.9 Å². The smallest absolute Gasteiger partial charge is 0.252 e. The minimum Gasteiger partial charge on any atom is -0.345 e. The summed E-state index contributed by atoms with van der Waals surface area (Å²) in [5, 5.41) is 3.10. The van der Waals surface area contributed by atoms with E-state index in [-0.39, 0.29) is 16.8 Å². The van der Waals surface area contributed by atoms with Crippen molar-refractivity contribution < 1.29 is 13.2 Å². The summed E-state index contributed by atoms with van der Waals surface area (Å²) >= 11 is 0. The molecule has 4 nitrogen and oxygen atoms in total. The highest BCUT2D eigenvalue weighted by atomic mass is 32.2. The molecule has 1 saturated carbocycles. The maximum atomic E-state index is 12.8. The summed E-state index contributed by atoms with van der Waals surface area (Å²) < 4.78 is 23.5. The van der Waals surface area contributed by atoms with Crippen LogP contribution in [-0.2, 0) is 9.84 Å². The fourth-order valence-corrected chi connectivity index (χ4v) is 3.51. The molecule has 3 rings (SSSR count). The first-order chi connectivity index (χ1) is 11.4. The SMILES string of the molecule is Cc1ccc(S(C)(=O)=O)cc1C(=O)N[C@H](c1ccccc1)C1CC1. The van der Waals surface area contributed by atoms with Gasteiger partial charge in [0.2, 0.25) is 0 Å². The Kier molecular flexibility index (Phi) is 4.45. The van der Waals surface area contributed by atoms with Crippen LogP contribution in [0.4, 0.5) is 0 Å². The molecule has 2 aromatic rings. The number of amides is 1. The maximum Gasteiger partial charge on any atom is 0.252 e. The number of hydrogen-bond donors (Lipinski definition) is 1. The summed E-state index contributed by atoms with van der Waals surface area (Å²) in [4.78, 5) is 12.9. The summed E-state index contributed by atoms with van der Waals surface area (Å²) in [7, 11) is -3.34. The minimum absolute atomic E-state index is 0.0278. The van der Waals surface area contributed by atoms with Gasteiger partial charge in [0.15, 0.2) is 9.84 Å². The Balaban J connectivity index is 1.89. The molecule has 1 atom stereocenters. The molecule has 1 amide bonds. The first-order valence-corrected chi connectivity index (χ1v) is 9.92. The van der Waals surface area contributed by atoms with E-state index in [0.29, 0.717) is 11.5 Å². The minimum atomic E-state index is -3.34. The molecular formula is C19H21NO3S. The van der Waals surface area contributed by atoms with Crippen LogP contribution in [0.5, 0.6) is 0 Å². The zero-order valence-electron chi connectivity index (χ0n) is 13.8. The lowest BCUT2D eigenvalue weighted by Crippen LogP contribution is -2.30. The number of carbonyl (C=O) groups excluding carboxylic acids is 1. The van der Waals surface area contributed by atoms with Gasteiger partial charge in [-0.1, -0.05) is 36.4 Å². The third-order valence-corrected chi connectivity index (χ3v) is 5.53. The third-order valence-electron chi connectivity index (χ3n) is 4.42. The zero-order chi connectivity index (χ0) is 17.3. The Hall–Kier alpha value is -2.14. The van der Waals surface area contributed by atoms with E-state index < -0.39 is 9.84 Å². The van der Waals surface area contributed by atoms with Crippen LogP contribution >= 0.6 is 0 Å². The monoisotopic (exact) mass is 343 g/mol. The van der Waals surface area contributed by atoms with E-state index in [2.05, 4.69) is 5.32 Å². The molecule has 126 valence electrons. The highest BCUT2D eigenvalue weighted by molar-refractivity contribution is 7.90. The standard InChI is InChI=1S/C19H21NO3S/c1-13-8-11-16(24(2,22)23)12-17(13)19(21)20-18(15-9-10-15)14-6-4-3-5-7-14/h3-8,11-12,15,18H,9-10H2,1-2H3,(H,20,21)/t18-/m1/s1. The average molecular weight is 343 g/mol. The Morgan fingerprint density at radius 1 is 1.12 bits per heavy atom. The predicted molar refractivity (Wildman–Crippen MR) is 93.7 cm³/mol. The molecule has 1 aliphatic carbocycles. The van der Waals surface area contributed by atoms with Gasteiger partial charge in [-0.25, -0.2) is 8.42 Å². The fraction of sp³-hybridized carbons (Fsp3) is 0.316. The first kappa shape index (κ1) is 16.7. The number of hydrogen-bond acceptors (Lipinski definition) is 3. The van der Waals surface area contributed by atoms with E-state index in [4.69, 9.17) is 0 Å². The van der Waals surface area contributed by atoms with Gasteiger partial charge in [-0.15, -0.1) is 0 Å². The van der Waals surface area contributed by atoms with Crippen molar-refractivity contribution in [3.63, 3.8) is 0 Å². The molecule has 0 saturated heterocycles. The molecular weight excluding hydrogens is 322 g/mol. The highest BCUT2D eigenvalue weighted by Crippen LogP contribution is 2.41. The Morgan fingerprint density at radius 2 is 1.79 bits per heavy atom. The second-order valence-electron chi connectivity index (χ2n) is 6.45. The van der Waals surface area contributed by atoms with Crippen LogP contribution in [0.1, 0.15) is 40.4 Å². The van der Waals surface area contributed by atoms with Crippen molar-refractivity contribution in [2.24, 2.45) is 5.92 Å². The Bertz CT molecular complexity index is 855. The molecule has 5 heteroatoms. The summed E-state index contributed by atoms with van der Waals surface area (Å²) in [6.07, 6.45) is 3.35. The zero-order valence-corrected chi connectivity index (χ0v) is 14.6. The van der Waals surface area contributed by atoms with E-state index in [1.165, 1.54) is 12.1 Å². The molecule has 0 unspecified atom stereocenters. The van der Waals surface area contributed by atoms with E-state index in [1.807, 2.05) is 37.3 Å².